The molecule has 0 aliphatic carbocycles. The van der Waals surface area contributed by atoms with Gasteiger partial charge in [-0.25, -0.2) is 0 Å². The molecule has 0 radical (unpaired) electrons. The van der Waals surface area contributed by atoms with Gasteiger partial charge in [0.05, 0.1) is 19.8 Å². The second kappa shape index (κ2) is 3.09. The van der Waals surface area contributed by atoms with Gasteiger partial charge in [0.25, 0.3) is 0 Å². The van der Waals surface area contributed by atoms with E-state index in [9.17, 15) is 0 Å². The summed E-state index contributed by atoms with van der Waals surface area (Å²) in [5, 5.41) is 9.02. The summed E-state index contributed by atoms with van der Waals surface area (Å²) in [6.45, 7) is 3.04. The lowest BCUT2D eigenvalue weighted by molar-refractivity contribution is -0.0114. The number of hydrogen-bond acceptors (Lipinski definition) is 3. The molecule has 11 heavy (non-hydrogen) atoms. The van der Waals surface area contributed by atoms with Gasteiger partial charge < -0.3 is 9.84 Å². The van der Waals surface area contributed by atoms with Gasteiger partial charge in [-0.2, -0.15) is 0 Å². The Labute approximate surface area is 66.9 Å². The van der Waals surface area contributed by atoms with Crippen molar-refractivity contribution in [3.63, 3.8) is 0 Å². The van der Waals surface area contributed by atoms with Crippen LogP contribution in [-0.2, 0) is 4.74 Å². The van der Waals surface area contributed by atoms with Crippen molar-refractivity contribution in [2.24, 2.45) is 0 Å². The average molecular weight is 157 g/mol. The molecule has 2 saturated heterocycles. The van der Waals surface area contributed by atoms with Crippen molar-refractivity contribution in [3.05, 3.63) is 0 Å². The number of hydrogen-bond donors (Lipinski definition) is 1. The van der Waals surface area contributed by atoms with E-state index in [2.05, 4.69) is 4.90 Å². The molecule has 0 spiro atoms. The molecule has 64 valence electrons. The lowest BCUT2D eigenvalue weighted by atomic mass is 10.2. The molecule has 3 heteroatoms. The lowest BCUT2D eigenvalue weighted by Crippen LogP contribution is -2.46. The van der Waals surface area contributed by atoms with Crippen molar-refractivity contribution in [2.75, 3.05) is 26.4 Å². The van der Waals surface area contributed by atoms with Crippen LogP contribution in [0.1, 0.15) is 12.8 Å². The third-order valence-electron chi connectivity index (χ3n) is 2.79. The van der Waals surface area contributed by atoms with Gasteiger partial charge in [-0.15, -0.1) is 0 Å². The summed E-state index contributed by atoms with van der Waals surface area (Å²) in [5.74, 6) is 0. The van der Waals surface area contributed by atoms with Crippen molar-refractivity contribution in [3.8, 4) is 0 Å². The van der Waals surface area contributed by atoms with Crippen LogP contribution < -0.4 is 0 Å². The van der Waals surface area contributed by atoms with Crippen LogP contribution in [0.5, 0.6) is 0 Å². The molecule has 1 N–H and O–H groups in total. The Morgan fingerprint density at radius 3 is 3.18 bits per heavy atom. The van der Waals surface area contributed by atoms with E-state index in [1.165, 1.54) is 6.42 Å². The van der Waals surface area contributed by atoms with E-state index in [1.807, 2.05) is 0 Å². The molecule has 1 unspecified atom stereocenters. The van der Waals surface area contributed by atoms with Gasteiger partial charge in [0.1, 0.15) is 0 Å². The molecule has 2 aliphatic rings. The van der Waals surface area contributed by atoms with Crippen molar-refractivity contribution in [1.29, 1.82) is 0 Å². The number of fused-ring (bicyclic) bond motifs is 1. The highest BCUT2D eigenvalue weighted by Gasteiger charge is 2.34. The van der Waals surface area contributed by atoms with Crippen LogP contribution in [0, 0.1) is 0 Å². The maximum atomic E-state index is 9.02. The van der Waals surface area contributed by atoms with Crippen LogP contribution in [0.2, 0.25) is 0 Å². The third-order valence-corrected chi connectivity index (χ3v) is 2.79. The summed E-state index contributed by atoms with van der Waals surface area (Å²) < 4.78 is 5.35. The summed E-state index contributed by atoms with van der Waals surface area (Å²) in [5.41, 5.74) is 0. The van der Waals surface area contributed by atoms with E-state index in [-0.39, 0.29) is 0 Å². The van der Waals surface area contributed by atoms with Crippen LogP contribution in [0.15, 0.2) is 0 Å². The fourth-order valence-corrected chi connectivity index (χ4v) is 2.14. The Bertz CT molecular complexity index is 134. The maximum absolute atomic E-state index is 9.02. The summed E-state index contributed by atoms with van der Waals surface area (Å²) in [7, 11) is 0. The summed E-state index contributed by atoms with van der Waals surface area (Å²) in [6, 6.07) is 1.02. The molecule has 3 nitrogen and oxygen atoms in total. The van der Waals surface area contributed by atoms with Gasteiger partial charge in [-0.3, -0.25) is 4.90 Å². The Hall–Kier alpha value is -0.120. The number of rotatable bonds is 1. The Kier molecular flexibility index (Phi) is 2.11. The van der Waals surface area contributed by atoms with Crippen LogP contribution in [0.25, 0.3) is 0 Å². The van der Waals surface area contributed by atoms with Gasteiger partial charge in [0.15, 0.2) is 0 Å². The SMILES string of the molecule is OC[C@H]1CCC2COCCN21. The largest absolute Gasteiger partial charge is 0.395 e. The number of morpholine rings is 1. The summed E-state index contributed by atoms with van der Waals surface area (Å²) in [6.07, 6.45) is 2.34. The first-order valence-electron chi connectivity index (χ1n) is 4.36. The maximum Gasteiger partial charge on any atom is 0.0622 e. The van der Waals surface area contributed by atoms with E-state index in [0.29, 0.717) is 18.7 Å². The molecule has 0 aromatic rings. The molecule has 2 aliphatic heterocycles. The van der Waals surface area contributed by atoms with E-state index < -0.39 is 0 Å². The van der Waals surface area contributed by atoms with E-state index in [1.54, 1.807) is 0 Å². The zero-order valence-electron chi connectivity index (χ0n) is 6.70. The predicted molar refractivity (Wildman–Crippen MR) is 41.4 cm³/mol. The zero-order chi connectivity index (χ0) is 7.68. The highest BCUT2D eigenvalue weighted by molar-refractivity contribution is 4.88. The van der Waals surface area contributed by atoms with Gasteiger partial charge in [-0.1, -0.05) is 0 Å². The number of nitrogens with zero attached hydrogens (tertiary/aromatic N) is 1. The fourth-order valence-electron chi connectivity index (χ4n) is 2.14. The molecular weight excluding hydrogens is 142 g/mol. The van der Waals surface area contributed by atoms with Crippen LogP contribution in [0.3, 0.4) is 0 Å². The quantitative estimate of drug-likeness (QED) is 0.574. The molecule has 0 bridgehead atoms. The average Bonchev–Trinajstić information content (AvgIpc) is 2.47. The standard InChI is InChI=1S/C8H15NO2/c10-5-7-1-2-8-6-11-4-3-9(7)8/h7-8,10H,1-6H2/t7-,8?/m1/s1. The Morgan fingerprint density at radius 1 is 1.45 bits per heavy atom. The monoisotopic (exact) mass is 157 g/mol. The molecule has 2 rings (SSSR count). The second-order valence-corrected chi connectivity index (χ2v) is 3.38. The van der Waals surface area contributed by atoms with Crippen molar-refractivity contribution >= 4 is 0 Å². The topological polar surface area (TPSA) is 32.7 Å². The van der Waals surface area contributed by atoms with Crippen molar-refractivity contribution < 1.29 is 9.84 Å². The molecule has 2 fully saturated rings. The normalized spacial score (nSPS) is 39.0. The minimum atomic E-state index is 0.316. The minimum Gasteiger partial charge on any atom is -0.395 e. The van der Waals surface area contributed by atoms with Crippen LogP contribution in [-0.4, -0.2) is 48.5 Å². The smallest absolute Gasteiger partial charge is 0.0622 e. The van der Waals surface area contributed by atoms with E-state index in [4.69, 9.17) is 9.84 Å². The number of aliphatic hydroxyl groups is 1. The van der Waals surface area contributed by atoms with E-state index in [0.717, 1.165) is 26.2 Å². The molecule has 2 heterocycles. The first-order valence-corrected chi connectivity index (χ1v) is 4.36. The minimum absolute atomic E-state index is 0.316. The third kappa shape index (κ3) is 1.28. The van der Waals surface area contributed by atoms with Gasteiger partial charge >= 0.3 is 0 Å². The van der Waals surface area contributed by atoms with Gasteiger partial charge in [0.2, 0.25) is 0 Å². The molecule has 0 amide bonds. The number of ether oxygens (including phenoxy) is 1. The molecule has 0 aromatic carbocycles. The highest BCUT2D eigenvalue weighted by atomic mass is 16.5. The van der Waals surface area contributed by atoms with Crippen molar-refractivity contribution in [2.45, 2.75) is 24.9 Å². The zero-order valence-corrected chi connectivity index (χ0v) is 6.70. The van der Waals surface area contributed by atoms with Crippen LogP contribution in [0.4, 0.5) is 0 Å². The van der Waals surface area contributed by atoms with E-state index >= 15 is 0 Å². The highest BCUT2D eigenvalue weighted by Crippen LogP contribution is 2.25. The Balaban J connectivity index is 1.98. The number of aliphatic hydroxyl groups excluding tert-OH is 1. The second-order valence-electron chi connectivity index (χ2n) is 3.38. The summed E-state index contributed by atoms with van der Waals surface area (Å²) >= 11 is 0. The first-order chi connectivity index (χ1) is 5.42. The molecule has 0 saturated carbocycles. The fraction of sp³-hybridized carbons (Fsp3) is 1.00. The molecule has 0 aromatic heterocycles. The van der Waals surface area contributed by atoms with Gasteiger partial charge in [-0.05, 0) is 12.8 Å². The van der Waals surface area contributed by atoms with Gasteiger partial charge in [0, 0.05) is 18.6 Å². The molecule has 2 atom stereocenters. The first kappa shape index (κ1) is 7.53. The van der Waals surface area contributed by atoms with Crippen molar-refractivity contribution in [1.82, 2.24) is 4.90 Å². The Morgan fingerprint density at radius 2 is 2.36 bits per heavy atom. The lowest BCUT2D eigenvalue weighted by Gasteiger charge is -2.32. The van der Waals surface area contributed by atoms with Crippen LogP contribution >= 0.6 is 0 Å². The predicted octanol–water partition coefficient (Wildman–Crippen LogP) is -0.158. The summed E-state index contributed by atoms with van der Waals surface area (Å²) in [4.78, 5) is 2.39. The molecular formula is C8H15NO2.